The molecular weight excluding hydrogens is 292 g/mol. The molecule has 3 aromatic rings. The van der Waals surface area contributed by atoms with Gasteiger partial charge in [0.05, 0.1) is 12.1 Å². The molecule has 0 radical (unpaired) electrons. The third-order valence-corrected chi connectivity index (χ3v) is 4.28. The van der Waals surface area contributed by atoms with E-state index in [0.29, 0.717) is 5.56 Å². The first kappa shape index (κ1) is 15.5. The predicted octanol–water partition coefficient (Wildman–Crippen LogP) is 4.80. The topological polar surface area (TPSA) is 47.6 Å². The molecule has 0 heterocycles. The molecule has 0 saturated carbocycles. The quantitative estimate of drug-likeness (QED) is 0.695. The van der Waals surface area contributed by atoms with E-state index in [1.54, 1.807) is 0 Å². The van der Waals surface area contributed by atoms with Crippen molar-refractivity contribution in [2.45, 2.75) is 11.3 Å². The van der Waals surface area contributed by atoms with Crippen molar-refractivity contribution in [3.63, 3.8) is 0 Å². The molecule has 0 spiro atoms. The van der Waals surface area contributed by atoms with E-state index in [1.165, 1.54) is 0 Å². The summed E-state index contributed by atoms with van der Waals surface area (Å²) in [7, 11) is 0. The SMILES string of the molecule is N#CC(C#N)(c1ccccc1)C(c1ccccc1)c1ccccc1. The van der Waals surface area contributed by atoms with Crippen molar-refractivity contribution in [1.82, 2.24) is 0 Å². The van der Waals surface area contributed by atoms with Crippen LogP contribution in [0.25, 0.3) is 0 Å². The lowest BCUT2D eigenvalue weighted by molar-refractivity contribution is 0.603. The maximum Gasteiger partial charge on any atom is 0.179 e. The Hall–Kier alpha value is -3.36. The third kappa shape index (κ3) is 2.67. The second-order valence-electron chi connectivity index (χ2n) is 5.65. The summed E-state index contributed by atoms with van der Waals surface area (Å²) in [5.41, 5.74) is 1.34. The van der Waals surface area contributed by atoms with Crippen LogP contribution in [0, 0.1) is 22.7 Å². The first-order valence-electron chi connectivity index (χ1n) is 7.80. The molecule has 0 amide bonds. The molecule has 0 saturated heterocycles. The minimum absolute atomic E-state index is 0.364. The van der Waals surface area contributed by atoms with Crippen LogP contribution in [-0.2, 0) is 5.41 Å². The fraction of sp³-hybridized carbons (Fsp3) is 0.0909. The molecule has 2 nitrogen and oxygen atoms in total. The minimum Gasteiger partial charge on any atom is -0.196 e. The Bertz CT molecular complexity index is 819. The van der Waals surface area contributed by atoms with Gasteiger partial charge in [-0.2, -0.15) is 10.5 Å². The van der Waals surface area contributed by atoms with Gasteiger partial charge in [0.15, 0.2) is 5.41 Å². The highest BCUT2D eigenvalue weighted by Crippen LogP contribution is 2.42. The molecule has 2 heteroatoms. The van der Waals surface area contributed by atoms with E-state index in [-0.39, 0.29) is 5.92 Å². The van der Waals surface area contributed by atoms with Gasteiger partial charge in [0.1, 0.15) is 0 Å². The van der Waals surface area contributed by atoms with Crippen molar-refractivity contribution in [2.75, 3.05) is 0 Å². The Morgan fingerprint density at radius 3 is 1.33 bits per heavy atom. The molecular formula is C22H16N2. The second-order valence-corrected chi connectivity index (χ2v) is 5.65. The molecule has 0 atom stereocenters. The van der Waals surface area contributed by atoms with E-state index in [0.717, 1.165) is 11.1 Å². The number of benzene rings is 3. The van der Waals surface area contributed by atoms with Gasteiger partial charge in [-0.15, -0.1) is 0 Å². The highest BCUT2D eigenvalue weighted by atomic mass is 14.5. The predicted molar refractivity (Wildman–Crippen MR) is 94.1 cm³/mol. The summed E-state index contributed by atoms with van der Waals surface area (Å²) in [6, 6.07) is 33.5. The van der Waals surface area contributed by atoms with Crippen LogP contribution in [-0.4, -0.2) is 0 Å². The molecule has 0 fully saturated rings. The van der Waals surface area contributed by atoms with Crippen LogP contribution in [0.1, 0.15) is 22.6 Å². The van der Waals surface area contributed by atoms with E-state index in [4.69, 9.17) is 0 Å². The van der Waals surface area contributed by atoms with Crippen LogP contribution in [0.3, 0.4) is 0 Å². The Balaban J connectivity index is 2.28. The lowest BCUT2D eigenvalue weighted by Gasteiger charge is -2.30. The fourth-order valence-corrected chi connectivity index (χ4v) is 3.13. The van der Waals surface area contributed by atoms with Gasteiger partial charge in [0.25, 0.3) is 0 Å². The molecule has 0 N–H and O–H groups in total. The van der Waals surface area contributed by atoms with Crippen molar-refractivity contribution in [3.05, 3.63) is 108 Å². The normalized spacial score (nSPS) is 10.8. The number of nitriles is 2. The third-order valence-electron chi connectivity index (χ3n) is 4.28. The van der Waals surface area contributed by atoms with E-state index >= 15 is 0 Å². The lowest BCUT2D eigenvalue weighted by Crippen LogP contribution is -2.31. The highest BCUT2D eigenvalue weighted by Gasteiger charge is 2.43. The number of nitrogens with zero attached hydrogens (tertiary/aromatic N) is 2. The zero-order chi connectivity index (χ0) is 16.8. The lowest BCUT2D eigenvalue weighted by atomic mass is 9.66. The van der Waals surface area contributed by atoms with Gasteiger partial charge in [-0.1, -0.05) is 91.0 Å². The van der Waals surface area contributed by atoms with Crippen LogP contribution in [0.2, 0.25) is 0 Å². The van der Waals surface area contributed by atoms with Crippen molar-refractivity contribution in [3.8, 4) is 12.1 Å². The van der Waals surface area contributed by atoms with Crippen LogP contribution in [0.15, 0.2) is 91.0 Å². The zero-order valence-electron chi connectivity index (χ0n) is 13.1. The van der Waals surface area contributed by atoms with E-state index in [2.05, 4.69) is 12.1 Å². The summed E-state index contributed by atoms with van der Waals surface area (Å²) >= 11 is 0. The number of hydrogen-bond donors (Lipinski definition) is 0. The first-order valence-corrected chi connectivity index (χ1v) is 7.80. The first-order chi connectivity index (χ1) is 11.8. The van der Waals surface area contributed by atoms with Crippen LogP contribution in [0.4, 0.5) is 0 Å². The second kappa shape index (κ2) is 6.82. The van der Waals surface area contributed by atoms with E-state index in [9.17, 15) is 10.5 Å². The Morgan fingerprint density at radius 2 is 0.958 bits per heavy atom. The van der Waals surface area contributed by atoms with Crippen LogP contribution in [0.5, 0.6) is 0 Å². The fourth-order valence-electron chi connectivity index (χ4n) is 3.13. The summed E-state index contributed by atoms with van der Waals surface area (Å²) in [4.78, 5) is 0. The van der Waals surface area contributed by atoms with E-state index < -0.39 is 5.41 Å². The van der Waals surface area contributed by atoms with Gasteiger partial charge >= 0.3 is 0 Å². The summed E-state index contributed by atoms with van der Waals surface area (Å²) in [5, 5.41) is 20.1. The molecule has 0 aliphatic heterocycles. The van der Waals surface area contributed by atoms with Gasteiger partial charge in [0.2, 0.25) is 0 Å². The molecule has 0 aromatic heterocycles. The van der Waals surface area contributed by atoms with Gasteiger partial charge in [0, 0.05) is 5.92 Å². The van der Waals surface area contributed by atoms with Crippen LogP contribution >= 0.6 is 0 Å². The zero-order valence-corrected chi connectivity index (χ0v) is 13.1. The summed E-state index contributed by atoms with van der Waals surface area (Å²) in [6.45, 7) is 0. The minimum atomic E-state index is -1.29. The summed E-state index contributed by atoms with van der Waals surface area (Å²) < 4.78 is 0. The van der Waals surface area contributed by atoms with Gasteiger partial charge in [-0.25, -0.2) is 0 Å². The molecule has 0 aliphatic carbocycles. The van der Waals surface area contributed by atoms with Gasteiger partial charge in [-0.3, -0.25) is 0 Å². The Morgan fingerprint density at radius 1 is 0.583 bits per heavy atom. The van der Waals surface area contributed by atoms with Crippen molar-refractivity contribution < 1.29 is 0 Å². The monoisotopic (exact) mass is 308 g/mol. The van der Waals surface area contributed by atoms with Crippen molar-refractivity contribution in [2.24, 2.45) is 0 Å². The molecule has 0 bridgehead atoms. The highest BCUT2D eigenvalue weighted by molar-refractivity contribution is 5.51. The van der Waals surface area contributed by atoms with Crippen molar-refractivity contribution >= 4 is 0 Å². The standard InChI is InChI=1S/C22H16N2/c23-16-22(17-24,20-14-8-3-9-15-20)21(18-10-4-1-5-11-18)19-12-6-2-7-13-19/h1-15,21H. The average molecular weight is 308 g/mol. The van der Waals surface area contributed by atoms with Gasteiger partial charge in [-0.05, 0) is 16.7 Å². The maximum absolute atomic E-state index is 10.1. The molecule has 0 aliphatic rings. The maximum atomic E-state index is 10.1. The van der Waals surface area contributed by atoms with Crippen LogP contribution < -0.4 is 0 Å². The molecule has 114 valence electrons. The van der Waals surface area contributed by atoms with E-state index in [1.807, 2.05) is 91.0 Å². The smallest absolute Gasteiger partial charge is 0.179 e. The molecule has 24 heavy (non-hydrogen) atoms. The average Bonchev–Trinajstić information content (AvgIpc) is 2.68. The summed E-state index contributed by atoms with van der Waals surface area (Å²) in [5.74, 6) is -0.364. The van der Waals surface area contributed by atoms with Crippen molar-refractivity contribution in [1.29, 1.82) is 10.5 Å². The molecule has 3 aromatic carbocycles. The summed E-state index contributed by atoms with van der Waals surface area (Å²) in [6.07, 6.45) is 0. The van der Waals surface area contributed by atoms with Gasteiger partial charge < -0.3 is 0 Å². The molecule has 3 rings (SSSR count). The Kier molecular flexibility index (Phi) is 4.41. The largest absolute Gasteiger partial charge is 0.196 e. The Labute approximate surface area is 142 Å². The molecule has 0 unspecified atom stereocenters. The number of rotatable bonds is 4. The number of hydrogen-bond acceptors (Lipinski definition) is 2.